The standard InChI is InChI=1S/C12H14BrNO2S3/c1-3-10-4-5-12(18-10)19(15,16)14(2)7-11-6-9(13)8-17-11/h4-6,8H,3,7H2,1-2H3. The van der Waals surface area contributed by atoms with E-state index in [0.717, 1.165) is 20.6 Å². The fraction of sp³-hybridized carbons (Fsp3) is 0.333. The third-order valence-corrected chi connectivity index (χ3v) is 7.83. The second kappa shape index (κ2) is 6.05. The quantitative estimate of drug-likeness (QED) is 0.788. The Morgan fingerprint density at radius 2 is 2.05 bits per heavy atom. The number of aryl methyl sites for hydroxylation is 1. The topological polar surface area (TPSA) is 37.4 Å². The Labute approximate surface area is 130 Å². The summed E-state index contributed by atoms with van der Waals surface area (Å²) in [6, 6.07) is 5.52. The zero-order valence-electron chi connectivity index (χ0n) is 10.6. The summed E-state index contributed by atoms with van der Waals surface area (Å²) in [5, 5.41) is 1.95. The van der Waals surface area contributed by atoms with Gasteiger partial charge in [0.1, 0.15) is 4.21 Å². The van der Waals surface area contributed by atoms with Gasteiger partial charge in [-0.3, -0.25) is 0 Å². The minimum Gasteiger partial charge on any atom is -0.206 e. The highest BCUT2D eigenvalue weighted by Crippen LogP contribution is 2.27. The van der Waals surface area contributed by atoms with E-state index in [4.69, 9.17) is 0 Å². The molecule has 0 saturated carbocycles. The molecule has 0 radical (unpaired) electrons. The van der Waals surface area contributed by atoms with Gasteiger partial charge in [0.05, 0.1) is 0 Å². The lowest BCUT2D eigenvalue weighted by Gasteiger charge is -2.14. The Morgan fingerprint density at radius 3 is 2.58 bits per heavy atom. The van der Waals surface area contributed by atoms with E-state index in [1.807, 2.05) is 24.4 Å². The SMILES string of the molecule is CCc1ccc(S(=O)(=O)N(C)Cc2cc(Br)cs2)s1. The van der Waals surface area contributed by atoms with Crippen LogP contribution in [0.1, 0.15) is 16.7 Å². The van der Waals surface area contributed by atoms with Crippen LogP contribution >= 0.6 is 38.6 Å². The number of hydrogen-bond acceptors (Lipinski definition) is 4. The first kappa shape index (κ1) is 15.2. The van der Waals surface area contributed by atoms with Crippen LogP contribution in [0.3, 0.4) is 0 Å². The van der Waals surface area contributed by atoms with Gasteiger partial charge in [0.15, 0.2) is 0 Å². The van der Waals surface area contributed by atoms with Crippen LogP contribution in [0.25, 0.3) is 0 Å². The fourth-order valence-electron chi connectivity index (χ4n) is 1.58. The maximum atomic E-state index is 12.4. The van der Waals surface area contributed by atoms with Crippen molar-refractivity contribution in [2.75, 3.05) is 7.05 Å². The largest absolute Gasteiger partial charge is 0.252 e. The third-order valence-electron chi connectivity index (χ3n) is 2.65. The second-order valence-electron chi connectivity index (χ2n) is 4.07. The molecule has 19 heavy (non-hydrogen) atoms. The smallest absolute Gasteiger partial charge is 0.206 e. The van der Waals surface area contributed by atoms with Gasteiger partial charge in [-0.05, 0) is 40.5 Å². The lowest BCUT2D eigenvalue weighted by atomic mass is 10.4. The molecule has 7 heteroatoms. The highest BCUT2D eigenvalue weighted by atomic mass is 79.9. The fourth-order valence-corrected chi connectivity index (χ4v) is 5.82. The summed E-state index contributed by atoms with van der Waals surface area (Å²) in [4.78, 5) is 2.11. The molecule has 0 unspecified atom stereocenters. The molecule has 3 nitrogen and oxygen atoms in total. The summed E-state index contributed by atoms with van der Waals surface area (Å²) in [7, 11) is -1.75. The van der Waals surface area contributed by atoms with Crippen molar-refractivity contribution >= 4 is 48.6 Å². The molecule has 0 bridgehead atoms. The predicted octanol–water partition coefficient (Wildman–Crippen LogP) is 3.96. The van der Waals surface area contributed by atoms with Gasteiger partial charge in [-0.1, -0.05) is 6.92 Å². The first-order valence-electron chi connectivity index (χ1n) is 5.71. The first-order chi connectivity index (χ1) is 8.93. The van der Waals surface area contributed by atoms with Crippen molar-refractivity contribution in [2.45, 2.75) is 24.1 Å². The van der Waals surface area contributed by atoms with E-state index < -0.39 is 10.0 Å². The number of rotatable bonds is 5. The molecule has 0 N–H and O–H groups in total. The molecular weight excluding hydrogens is 366 g/mol. The molecule has 0 saturated heterocycles. The molecule has 104 valence electrons. The highest BCUT2D eigenvalue weighted by Gasteiger charge is 2.23. The van der Waals surface area contributed by atoms with Crippen LogP contribution in [-0.4, -0.2) is 19.8 Å². The van der Waals surface area contributed by atoms with Gasteiger partial charge in [0.25, 0.3) is 10.0 Å². The van der Waals surface area contributed by atoms with Crippen LogP contribution in [0, 0.1) is 0 Å². The van der Waals surface area contributed by atoms with Crippen LogP contribution in [0.15, 0.2) is 32.3 Å². The summed E-state index contributed by atoms with van der Waals surface area (Å²) >= 11 is 6.27. The van der Waals surface area contributed by atoms with E-state index >= 15 is 0 Å². The molecular formula is C12H14BrNO2S3. The Kier molecular flexibility index (Phi) is 4.84. The van der Waals surface area contributed by atoms with Gasteiger partial charge in [-0.25, -0.2) is 8.42 Å². The highest BCUT2D eigenvalue weighted by molar-refractivity contribution is 9.10. The van der Waals surface area contributed by atoms with Crippen molar-refractivity contribution in [2.24, 2.45) is 0 Å². The van der Waals surface area contributed by atoms with E-state index in [1.165, 1.54) is 15.6 Å². The van der Waals surface area contributed by atoms with Crippen LogP contribution in [-0.2, 0) is 23.0 Å². The maximum Gasteiger partial charge on any atom is 0.252 e. The van der Waals surface area contributed by atoms with E-state index in [-0.39, 0.29) is 0 Å². The van der Waals surface area contributed by atoms with Gasteiger partial charge in [-0.2, -0.15) is 4.31 Å². The van der Waals surface area contributed by atoms with Gasteiger partial charge in [0.2, 0.25) is 0 Å². The van der Waals surface area contributed by atoms with Crippen molar-refractivity contribution in [1.29, 1.82) is 0 Å². The van der Waals surface area contributed by atoms with Crippen molar-refractivity contribution in [1.82, 2.24) is 4.31 Å². The van der Waals surface area contributed by atoms with Crippen molar-refractivity contribution in [3.05, 3.63) is 37.8 Å². The Hall–Kier alpha value is -0.210. The average molecular weight is 380 g/mol. The first-order valence-corrected chi connectivity index (χ1v) is 9.64. The number of nitrogens with zero attached hydrogens (tertiary/aromatic N) is 1. The number of hydrogen-bond donors (Lipinski definition) is 0. The number of halogens is 1. The Balaban J connectivity index is 2.19. The molecule has 0 fully saturated rings. The molecule has 0 aromatic carbocycles. The molecule has 2 heterocycles. The Morgan fingerprint density at radius 1 is 1.32 bits per heavy atom. The Bertz CT molecular complexity index is 660. The molecule has 2 aromatic heterocycles. The molecule has 0 aliphatic rings. The molecule has 0 spiro atoms. The van der Waals surface area contributed by atoms with Gasteiger partial charge < -0.3 is 0 Å². The summed E-state index contributed by atoms with van der Waals surface area (Å²) in [6.45, 7) is 2.42. The molecule has 0 aliphatic carbocycles. The van der Waals surface area contributed by atoms with Crippen LogP contribution in [0.4, 0.5) is 0 Å². The summed E-state index contributed by atoms with van der Waals surface area (Å²) in [5.74, 6) is 0. The van der Waals surface area contributed by atoms with Gasteiger partial charge in [0, 0.05) is 33.2 Å². The zero-order valence-corrected chi connectivity index (χ0v) is 14.6. The molecule has 0 atom stereocenters. The van der Waals surface area contributed by atoms with Crippen LogP contribution in [0.2, 0.25) is 0 Å². The summed E-state index contributed by atoms with van der Waals surface area (Å²) in [5.41, 5.74) is 0. The molecule has 0 amide bonds. The average Bonchev–Trinajstić information content (AvgIpc) is 2.98. The molecule has 2 aromatic rings. The maximum absolute atomic E-state index is 12.4. The number of thiophene rings is 2. The summed E-state index contributed by atoms with van der Waals surface area (Å²) in [6.07, 6.45) is 0.863. The minimum atomic E-state index is -3.37. The minimum absolute atomic E-state index is 0.401. The predicted molar refractivity (Wildman–Crippen MR) is 84.4 cm³/mol. The lowest BCUT2D eigenvalue weighted by molar-refractivity contribution is 0.471. The van der Waals surface area contributed by atoms with E-state index in [0.29, 0.717) is 10.8 Å². The van der Waals surface area contributed by atoms with Gasteiger partial charge in [-0.15, -0.1) is 22.7 Å². The van der Waals surface area contributed by atoms with E-state index in [9.17, 15) is 8.42 Å². The van der Waals surface area contributed by atoms with E-state index in [1.54, 1.807) is 24.5 Å². The van der Waals surface area contributed by atoms with Crippen LogP contribution in [0.5, 0.6) is 0 Å². The van der Waals surface area contributed by atoms with Crippen molar-refractivity contribution in [3.8, 4) is 0 Å². The second-order valence-corrected chi connectivity index (χ2v) is 9.42. The normalized spacial score (nSPS) is 12.2. The summed E-state index contributed by atoms with van der Waals surface area (Å²) < 4.78 is 27.6. The molecule has 0 aliphatic heterocycles. The van der Waals surface area contributed by atoms with E-state index in [2.05, 4.69) is 15.9 Å². The van der Waals surface area contributed by atoms with Crippen molar-refractivity contribution in [3.63, 3.8) is 0 Å². The van der Waals surface area contributed by atoms with Gasteiger partial charge >= 0.3 is 0 Å². The third kappa shape index (κ3) is 3.46. The zero-order chi connectivity index (χ0) is 14.0. The number of sulfonamides is 1. The lowest BCUT2D eigenvalue weighted by Crippen LogP contribution is -2.25. The van der Waals surface area contributed by atoms with Crippen molar-refractivity contribution < 1.29 is 8.42 Å². The molecule has 2 rings (SSSR count). The van der Waals surface area contributed by atoms with Crippen LogP contribution < -0.4 is 0 Å². The monoisotopic (exact) mass is 379 g/mol.